The summed E-state index contributed by atoms with van der Waals surface area (Å²) in [7, 11) is 0. The standard InChI is InChI=1S/C7H7ClF3N3O2/c8-5-3(1-12)14(2-4(15)16)13-6(5)7(9,10)11/h1-2,12H2,(H,15,16). The van der Waals surface area contributed by atoms with Crippen molar-refractivity contribution in [2.45, 2.75) is 19.3 Å². The highest BCUT2D eigenvalue weighted by atomic mass is 35.5. The molecule has 0 saturated carbocycles. The maximum Gasteiger partial charge on any atom is 0.436 e. The lowest BCUT2D eigenvalue weighted by atomic mass is 10.3. The highest BCUT2D eigenvalue weighted by Crippen LogP contribution is 2.35. The molecule has 1 aromatic rings. The van der Waals surface area contributed by atoms with Gasteiger partial charge in [-0.3, -0.25) is 9.48 Å². The first-order chi connectivity index (χ1) is 7.27. The van der Waals surface area contributed by atoms with E-state index in [9.17, 15) is 18.0 Å². The van der Waals surface area contributed by atoms with Crippen molar-refractivity contribution in [1.29, 1.82) is 0 Å². The number of nitrogens with zero attached hydrogens (tertiary/aromatic N) is 2. The molecule has 0 aliphatic rings. The molecule has 5 nitrogen and oxygen atoms in total. The molecule has 0 saturated heterocycles. The lowest BCUT2D eigenvalue weighted by Crippen LogP contribution is -2.15. The molecule has 0 fully saturated rings. The van der Waals surface area contributed by atoms with Crippen LogP contribution in [-0.4, -0.2) is 20.9 Å². The topological polar surface area (TPSA) is 81.1 Å². The molecule has 16 heavy (non-hydrogen) atoms. The summed E-state index contributed by atoms with van der Waals surface area (Å²) in [6.45, 7) is -1.04. The Labute approximate surface area is 92.6 Å². The molecule has 0 bridgehead atoms. The van der Waals surface area contributed by atoms with E-state index in [4.69, 9.17) is 22.4 Å². The van der Waals surface area contributed by atoms with Crippen molar-refractivity contribution < 1.29 is 23.1 Å². The second-order valence-electron chi connectivity index (χ2n) is 2.86. The Morgan fingerprint density at radius 1 is 1.56 bits per heavy atom. The normalized spacial score (nSPS) is 11.8. The third-order valence-electron chi connectivity index (χ3n) is 1.74. The van der Waals surface area contributed by atoms with Crippen LogP contribution in [0.25, 0.3) is 0 Å². The van der Waals surface area contributed by atoms with E-state index in [0.29, 0.717) is 4.68 Å². The SMILES string of the molecule is NCc1c(Cl)c(C(F)(F)F)nn1CC(=O)O. The highest BCUT2D eigenvalue weighted by Gasteiger charge is 2.38. The number of carboxylic acid groups (broad SMARTS) is 1. The summed E-state index contributed by atoms with van der Waals surface area (Å²) in [6.07, 6.45) is -4.73. The van der Waals surface area contributed by atoms with E-state index in [1.165, 1.54) is 0 Å². The Bertz CT molecular complexity index is 416. The van der Waals surface area contributed by atoms with Crippen LogP contribution in [0, 0.1) is 0 Å². The van der Waals surface area contributed by atoms with Crippen molar-refractivity contribution >= 4 is 17.6 Å². The summed E-state index contributed by atoms with van der Waals surface area (Å²) in [5.41, 5.74) is 3.70. The van der Waals surface area contributed by atoms with Gasteiger partial charge in [-0.05, 0) is 0 Å². The number of halogens is 4. The van der Waals surface area contributed by atoms with Gasteiger partial charge in [0.1, 0.15) is 6.54 Å². The van der Waals surface area contributed by atoms with Crippen molar-refractivity contribution in [3.63, 3.8) is 0 Å². The fourth-order valence-electron chi connectivity index (χ4n) is 1.11. The summed E-state index contributed by atoms with van der Waals surface area (Å²) in [5, 5.41) is 10.9. The van der Waals surface area contributed by atoms with E-state index in [1.807, 2.05) is 0 Å². The van der Waals surface area contributed by atoms with Crippen molar-refractivity contribution in [3.8, 4) is 0 Å². The maximum absolute atomic E-state index is 12.4. The number of hydrogen-bond donors (Lipinski definition) is 2. The second-order valence-corrected chi connectivity index (χ2v) is 3.24. The van der Waals surface area contributed by atoms with Gasteiger partial charge in [-0.1, -0.05) is 11.6 Å². The van der Waals surface area contributed by atoms with Crippen LogP contribution < -0.4 is 5.73 Å². The minimum Gasteiger partial charge on any atom is -0.480 e. The van der Waals surface area contributed by atoms with Crippen LogP contribution >= 0.6 is 11.6 Å². The average Bonchev–Trinajstić information content (AvgIpc) is 2.40. The predicted octanol–water partition coefficient (Wildman–Crippen LogP) is 1.10. The molecular weight excluding hydrogens is 251 g/mol. The summed E-state index contributed by atoms with van der Waals surface area (Å²) in [6, 6.07) is 0. The first kappa shape index (κ1) is 12.8. The Hall–Kier alpha value is -1.28. The number of alkyl halides is 3. The molecule has 0 aliphatic heterocycles. The molecule has 1 rings (SSSR count). The number of hydrogen-bond acceptors (Lipinski definition) is 3. The molecular formula is C7H7ClF3N3O2. The van der Waals surface area contributed by atoms with Crippen molar-refractivity contribution in [1.82, 2.24) is 9.78 Å². The molecule has 90 valence electrons. The van der Waals surface area contributed by atoms with E-state index >= 15 is 0 Å². The van der Waals surface area contributed by atoms with Gasteiger partial charge in [0.2, 0.25) is 0 Å². The van der Waals surface area contributed by atoms with Gasteiger partial charge >= 0.3 is 12.1 Å². The fraction of sp³-hybridized carbons (Fsp3) is 0.429. The molecule has 0 unspecified atom stereocenters. The zero-order valence-corrected chi connectivity index (χ0v) is 8.51. The van der Waals surface area contributed by atoms with Gasteiger partial charge < -0.3 is 10.8 Å². The Morgan fingerprint density at radius 2 is 2.12 bits per heavy atom. The smallest absolute Gasteiger partial charge is 0.436 e. The lowest BCUT2D eigenvalue weighted by molar-refractivity contribution is -0.143. The number of nitrogens with two attached hydrogens (primary N) is 1. The molecule has 9 heteroatoms. The van der Waals surface area contributed by atoms with E-state index in [1.54, 1.807) is 0 Å². The monoisotopic (exact) mass is 257 g/mol. The molecule has 0 spiro atoms. The number of carbonyl (C=O) groups is 1. The second kappa shape index (κ2) is 4.30. The molecule has 0 aliphatic carbocycles. The summed E-state index contributed by atoms with van der Waals surface area (Å²) in [4.78, 5) is 10.4. The molecule has 0 aromatic carbocycles. The van der Waals surface area contributed by atoms with E-state index in [-0.39, 0.29) is 12.2 Å². The number of aromatic nitrogens is 2. The Morgan fingerprint density at radius 3 is 2.50 bits per heavy atom. The number of carboxylic acids is 1. The van der Waals surface area contributed by atoms with Gasteiger partial charge in [0.05, 0.1) is 10.7 Å². The van der Waals surface area contributed by atoms with Crippen LogP contribution in [0.1, 0.15) is 11.4 Å². The molecule has 0 amide bonds. The van der Waals surface area contributed by atoms with Gasteiger partial charge in [-0.2, -0.15) is 18.3 Å². The molecule has 0 atom stereocenters. The molecule has 1 aromatic heterocycles. The minimum absolute atomic E-state index is 0.156. The zero-order valence-electron chi connectivity index (χ0n) is 7.75. The van der Waals surface area contributed by atoms with Crippen LogP contribution in [0.2, 0.25) is 5.02 Å². The first-order valence-corrected chi connectivity index (χ1v) is 4.39. The van der Waals surface area contributed by atoms with Crippen LogP contribution in [-0.2, 0) is 24.1 Å². The summed E-state index contributed by atoms with van der Waals surface area (Å²) in [5.74, 6) is -1.33. The quantitative estimate of drug-likeness (QED) is 0.850. The van der Waals surface area contributed by atoms with Crippen molar-refractivity contribution in [3.05, 3.63) is 16.4 Å². The minimum atomic E-state index is -4.73. The van der Waals surface area contributed by atoms with Crippen LogP contribution in [0.15, 0.2) is 0 Å². The van der Waals surface area contributed by atoms with Crippen molar-refractivity contribution in [2.24, 2.45) is 5.73 Å². The number of aliphatic carboxylic acids is 1. The van der Waals surface area contributed by atoms with E-state index < -0.39 is 29.4 Å². The van der Waals surface area contributed by atoms with Gasteiger partial charge in [-0.25, -0.2) is 0 Å². The molecule has 1 heterocycles. The van der Waals surface area contributed by atoms with Gasteiger partial charge in [0.15, 0.2) is 5.69 Å². The highest BCUT2D eigenvalue weighted by molar-refractivity contribution is 6.32. The van der Waals surface area contributed by atoms with Gasteiger partial charge in [0, 0.05) is 6.54 Å². The van der Waals surface area contributed by atoms with E-state index in [0.717, 1.165) is 0 Å². The summed E-state index contributed by atoms with van der Waals surface area (Å²) >= 11 is 5.42. The summed E-state index contributed by atoms with van der Waals surface area (Å²) < 4.78 is 37.7. The average molecular weight is 258 g/mol. The van der Waals surface area contributed by atoms with Crippen LogP contribution in [0.4, 0.5) is 13.2 Å². The van der Waals surface area contributed by atoms with Crippen LogP contribution in [0.5, 0.6) is 0 Å². The van der Waals surface area contributed by atoms with Crippen molar-refractivity contribution in [2.75, 3.05) is 0 Å². The third kappa shape index (κ3) is 2.45. The maximum atomic E-state index is 12.4. The van der Waals surface area contributed by atoms with Gasteiger partial charge in [-0.15, -0.1) is 0 Å². The largest absolute Gasteiger partial charge is 0.480 e. The van der Waals surface area contributed by atoms with Crippen LogP contribution in [0.3, 0.4) is 0 Å². The third-order valence-corrected chi connectivity index (χ3v) is 2.14. The number of rotatable bonds is 3. The lowest BCUT2D eigenvalue weighted by Gasteiger charge is -2.01. The fourth-order valence-corrected chi connectivity index (χ4v) is 1.43. The van der Waals surface area contributed by atoms with Gasteiger partial charge in [0.25, 0.3) is 0 Å². The zero-order chi connectivity index (χ0) is 12.5. The Kier molecular flexibility index (Phi) is 3.44. The first-order valence-electron chi connectivity index (χ1n) is 4.01. The molecule has 0 radical (unpaired) electrons. The Balaban J connectivity index is 3.25. The van der Waals surface area contributed by atoms with E-state index in [2.05, 4.69) is 5.10 Å². The predicted molar refractivity (Wildman–Crippen MR) is 47.8 cm³/mol. The molecule has 3 N–H and O–H groups in total.